The average Bonchev–Trinajstić information content (AvgIpc) is 2.16. The first-order valence-electron chi connectivity index (χ1n) is 3.12. The van der Waals surface area contributed by atoms with Crippen LogP contribution in [0.5, 0.6) is 0 Å². The Morgan fingerprint density at radius 2 is 2.44 bits per heavy atom. The van der Waals surface area contributed by atoms with Crippen molar-refractivity contribution in [2.75, 3.05) is 6.54 Å². The van der Waals surface area contributed by atoms with Crippen LogP contribution in [0.4, 0.5) is 0 Å². The lowest BCUT2D eigenvalue weighted by Gasteiger charge is -2.24. The van der Waals surface area contributed by atoms with Crippen LogP contribution in [0.15, 0.2) is 0 Å². The molecule has 1 N–H and O–H groups in total. The van der Waals surface area contributed by atoms with Gasteiger partial charge in [0.15, 0.2) is 0 Å². The Balaban J connectivity index is 2.61. The van der Waals surface area contributed by atoms with Gasteiger partial charge in [-0.1, -0.05) is 0 Å². The molecule has 1 aliphatic rings. The fourth-order valence-corrected chi connectivity index (χ4v) is 1.07. The van der Waals surface area contributed by atoms with Gasteiger partial charge in [0.25, 0.3) is 0 Å². The summed E-state index contributed by atoms with van der Waals surface area (Å²) in [7, 11) is 0. The minimum absolute atomic E-state index is 0.690. The minimum Gasteiger partial charge on any atom is -0.548 e. The highest BCUT2D eigenvalue weighted by molar-refractivity contribution is 5.76. The van der Waals surface area contributed by atoms with E-state index in [0.717, 1.165) is 13.0 Å². The number of hydrogen-bond donors (Lipinski definition) is 1. The molecule has 1 heterocycles. The number of carbonyl (C=O) groups is 1. The molecule has 0 aromatic rings. The Hall–Kier alpha value is -0.570. The van der Waals surface area contributed by atoms with Crippen molar-refractivity contribution in [1.82, 2.24) is 5.32 Å². The fraction of sp³-hybridized carbons (Fsp3) is 0.833. The van der Waals surface area contributed by atoms with Crippen molar-refractivity contribution in [3.63, 3.8) is 0 Å². The number of hydrogen-bond acceptors (Lipinski definition) is 3. The van der Waals surface area contributed by atoms with Gasteiger partial charge in [0, 0.05) is 0 Å². The van der Waals surface area contributed by atoms with E-state index >= 15 is 0 Å². The van der Waals surface area contributed by atoms with Gasteiger partial charge in [0.1, 0.15) is 0 Å². The van der Waals surface area contributed by atoms with Crippen LogP contribution in [0.2, 0.25) is 0 Å². The van der Waals surface area contributed by atoms with E-state index < -0.39 is 11.5 Å². The maximum atomic E-state index is 10.3. The van der Waals surface area contributed by atoms with Gasteiger partial charge in [-0.2, -0.15) is 0 Å². The lowest BCUT2D eigenvalue weighted by atomic mass is 10.0. The van der Waals surface area contributed by atoms with E-state index in [2.05, 4.69) is 5.32 Å². The summed E-state index contributed by atoms with van der Waals surface area (Å²) in [6, 6.07) is 0. The number of aliphatic carboxylic acids is 1. The highest BCUT2D eigenvalue weighted by Crippen LogP contribution is 2.16. The van der Waals surface area contributed by atoms with Crippen molar-refractivity contribution in [2.45, 2.75) is 25.3 Å². The summed E-state index contributed by atoms with van der Waals surface area (Å²) in [6.07, 6.45) is 1.62. The van der Waals surface area contributed by atoms with Gasteiger partial charge in [-0.15, -0.1) is 0 Å². The van der Waals surface area contributed by atoms with Crippen LogP contribution in [0, 0.1) is 0 Å². The number of carboxylic acid groups (broad SMARTS) is 1. The van der Waals surface area contributed by atoms with Crippen LogP contribution in [-0.4, -0.2) is 18.1 Å². The molecular formula is C6H10NO2-. The molecule has 3 heteroatoms. The Morgan fingerprint density at radius 3 is 2.67 bits per heavy atom. The summed E-state index contributed by atoms with van der Waals surface area (Å²) in [5, 5.41) is 13.2. The molecule has 0 saturated carbocycles. The molecule has 0 aliphatic carbocycles. The van der Waals surface area contributed by atoms with E-state index in [1.54, 1.807) is 6.92 Å². The smallest absolute Gasteiger partial charge is 0.0613 e. The molecule has 0 aromatic carbocycles. The largest absolute Gasteiger partial charge is 0.548 e. The molecule has 3 nitrogen and oxygen atoms in total. The molecule has 1 fully saturated rings. The van der Waals surface area contributed by atoms with Gasteiger partial charge in [-0.3, -0.25) is 0 Å². The van der Waals surface area contributed by atoms with Gasteiger partial charge < -0.3 is 15.2 Å². The predicted molar refractivity (Wildman–Crippen MR) is 30.6 cm³/mol. The van der Waals surface area contributed by atoms with Crippen LogP contribution < -0.4 is 10.4 Å². The Kier molecular flexibility index (Phi) is 1.45. The fourth-order valence-electron chi connectivity index (χ4n) is 1.07. The van der Waals surface area contributed by atoms with E-state index in [4.69, 9.17) is 0 Å². The van der Waals surface area contributed by atoms with Gasteiger partial charge in [0.2, 0.25) is 0 Å². The van der Waals surface area contributed by atoms with Crippen LogP contribution >= 0.6 is 0 Å². The highest BCUT2D eigenvalue weighted by Gasteiger charge is 2.28. The lowest BCUT2D eigenvalue weighted by molar-refractivity contribution is -0.313. The third-order valence-corrected chi connectivity index (χ3v) is 1.82. The zero-order valence-corrected chi connectivity index (χ0v) is 5.44. The number of rotatable bonds is 1. The van der Waals surface area contributed by atoms with Gasteiger partial charge >= 0.3 is 0 Å². The molecule has 1 rings (SSSR count). The quantitative estimate of drug-likeness (QED) is 0.486. The zero-order valence-electron chi connectivity index (χ0n) is 5.44. The second-order valence-electron chi connectivity index (χ2n) is 2.65. The Labute approximate surface area is 54.1 Å². The van der Waals surface area contributed by atoms with Crippen molar-refractivity contribution >= 4 is 5.97 Å². The van der Waals surface area contributed by atoms with E-state index in [0.29, 0.717) is 6.42 Å². The second kappa shape index (κ2) is 1.99. The Bertz CT molecular complexity index is 127. The average molecular weight is 128 g/mol. The summed E-state index contributed by atoms with van der Waals surface area (Å²) in [5.41, 5.74) is -0.750. The van der Waals surface area contributed by atoms with E-state index in [-0.39, 0.29) is 0 Å². The first kappa shape index (κ1) is 6.55. The van der Waals surface area contributed by atoms with Gasteiger partial charge in [-0.25, -0.2) is 0 Å². The third kappa shape index (κ3) is 1.05. The summed E-state index contributed by atoms with van der Waals surface area (Å²) in [6.45, 7) is 2.46. The number of nitrogens with one attached hydrogen (secondary N) is 1. The summed E-state index contributed by atoms with van der Waals surface area (Å²) < 4.78 is 0. The van der Waals surface area contributed by atoms with Crippen molar-refractivity contribution < 1.29 is 9.90 Å². The monoisotopic (exact) mass is 128 g/mol. The molecule has 0 bridgehead atoms. The van der Waals surface area contributed by atoms with Crippen LogP contribution in [0.25, 0.3) is 0 Å². The molecule has 52 valence electrons. The van der Waals surface area contributed by atoms with Crippen LogP contribution in [0.1, 0.15) is 19.8 Å². The highest BCUT2D eigenvalue weighted by atomic mass is 16.4. The zero-order chi connectivity index (χ0) is 6.91. The predicted octanol–water partition coefficient (Wildman–Crippen LogP) is -1.12. The third-order valence-electron chi connectivity index (χ3n) is 1.82. The molecule has 1 aliphatic heterocycles. The summed E-state index contributed by atoms with van der Waals surface area (Å²) in [4.78, 5) is 10.3. The van der Waals surface area contributed by atoms with Crippen LogP contribution in [0.3, 0.4) is 0 Å². The molecule has 0 radical (unpaired) electrons. The lowest BCUT2D eigenvalue weighted by Crippen LogP contribution is -2.52. The van der Waals surface area contributed by atoms with Crippen LogP contribution in [-0.2, 0) is 4.79 Å². The maximum Gasteiger partial charge on any atom is 0.0613 e. The maximum absolute atomic E-state index is 10.3. The van der Waals surface area contributed by atoms with Crippen molar-refractivity contribution in [2.24, 2.45) is 0 Å². The molecule has 0 amide bonds. The normalized spacial score (nSPS) is 34.8. The molecule has 9 heavy (non-hydrogen) atoms. The van der Waals surface area contributed by atoms with Crippen molar-refractivity contribution in [3.05, 3.63) is 0 Å². The molecule has 0 unspecified atom stereocenters. The standard InChI is InChI=1S/C6H11NO2/c1-6(5(8)9)3-2-4-7-6/h7H,2-4H2,1H3,(H,8,9)/p-1/t6-/m0/s1. The first-order chi connectivity index (χ1) is 4.15. The second-order valence-corrected chi connectivity index (χ2v) is 2.65. The summed E-state index contributed by atoms with van der Waals surface area (Å²) >= 11 is 0. The van der Waals surface area contributed by atoms with E-state index in [1.165, 1.54) is 0 Å². The van der Waals surface area contributed by atoms with Gasteiger partial charge in [-0.05, 0) is 26.3 Å². The van der Waals surface area contributed by atoms with Crippen molar-refractivity contribution in [3.8, 4) is 0 Å². The van der Waals surface area contributed by atoms with E-state index in [1.807, 2.05) is 0 Å². The molecular weight excluding hydrogens is 118 g/mol. The topological polar surface area (TPSA) is 52.2 Å². The molecule has 1 atom stereocenters. The Morgan fingerprint density at radius 1 is 1.78 bits per heavy atom. The summed E-state index contributed by atoms with van der Waals surface area (Å²) in [5.74, 6) is -0.986. The molecule has 0 spiro atoms. The SMILES string of the molecule is C[C@@]1(C(=O)[O-])CCCN1. The number of carboxylic acids is 1. The first-order valence-corrected chi connectivity index (χ1v) is 3.12. The molecule has 1 saturated heterocycles. The van der Waals surface area contributed by atoms with E-state index in [9.17, 15) is 9.90 Å². The molecule has 0 aromatic heterocycles. The van der Waals surface area contributed by atoms with Crippen molar-refractivity contribution in [1.29, 1.82) is 0 Å². The van der Waals surface area contributed by atoms with Gasteiger partial charge in [0.05, 0.1) is 11.5 Å². The number of carbonyl (C=O) groups excluding carboxylic acids is 1. The minimum atomic E-state index is -0.986.